The molecule has 4 atom stereocenters. The molecule has 0 radical (unpaired) electrons. The largest absolute Gasteiger partial charge is 0.388 e. The van der Waals surface area contributed by atoms with Crippen LogP contribution in [0.1, 0.15) is 44.2 Å². The van der Waals surface area contributed by atoms with E-state index >= 15 is 0 Å². The zero-order valence-corrected chi connectivity index (χ0v) is 12.0. The molecule has 108 valence electrons. The van der Waals surface area contributed by atoms with Gasteiger partial charge in [0, 0.05) is 24.9 Å². The third kappa shape index (κ3) is 2.40. The maximum Gasteiger partial charge on any atom is 0.136 e. The van der Waals surface area contributed by atoms with Crippen molar-refractivity contribution in [1.82, 2.24) is 5.32 Å². The Bertz CT molecular complexity index is 487. The summed E-state index contributed by atoms with van der Waals surface area (Å²) in [5, 5.41) is 14.3. The van der Waals surface area contributed by atoms with Crippen LogP contribution in [0.15, 0.2) is 30.3 Å². The van der Waals surface area contributed by atoms with Crippen molar-refractivity contribution >= 4 is 5.78 Å². The van der Waals surface area contributed by atoms with Crippen molar-refractivity contribution in [2.24, 2.45) is 11.8 Å². The second-order valence-corrected chi connectivity index (χ2v) is 6.37. The molecule has 2 fully saturated rings. The Morgan fingerprint density at radius 1 is 1.35 bits per heavy atom. The van der Waals surface area contributed by atoms with E-state index in [1.54, 1.807) is 0 Å². The van der Waals surface area contributed by atoms with Crippen LogP contribution in [0.25, 0.3) is 0 Å². The minimum atomic E-state index is -0.695. The molecule has 2 N–H and O–H groups in total. The van der Waals surface area contributed by atoms with E-state index in [1.807, 2.05) is 18.2 Å². The second kappa shape index (κ2) is 5.30. The van der Waals surface area contributed by atoms with E-state index in [-0.39, 0.29) is 17.9 Å². The molecule has 3 nitrogen and oxygen atoms in total. The van der Waals surface area contributed by atoms with Gasteiger partial charge in [-0.15, -0.1) is 0 Å². The van der Waals surface area contributed by atoms with E-state index in [4.69, 9.17) is 0 Å². The number of fused-ring (bicyclic) bond motifs is 1. The Morgan fingerprint density at radius 2 is 2.10 bits per heavy atom. The zero-order chi connectivity index (χ0) is 14.2. The fraction of sp³-hybridized carbons (Fsp3) is 0.588. The van der Waals surface area contributed by atoms with Crippen molar-refractivity contribution in [3.05, 3.63) is 35.9 Å². The Morgan fingerprint density at radius 3 is 2.85 bits per heavy atom. The van der Waals surface area contributed by atoms with Gasteiger partial charge in [0.15, 0.2) is 0 Å². The van der Waals surface area contributed by atoms with Crippen molar-refractivity contribution in [3.63, 3.8) is 0 Å². The predicted octanol–water partition coefficient (Wildman–Crippen LogP) is 2.46. The van der Waals surface area contributed by atoms with E-state index in [0.29, 0.717) is 18.7 Å². The molecule has 1 aromatic carbocycles. The third-order valence-electron chi connectivity index (χ3n) is 5.19. The van der Waals surface area contributed by atoms with Crippen LogP contribution in [0.3, 0.4) is 0 Å². The Kier molecular flexibility index (Phi) is 3.65. The smallest absolute Gasteiger partial charge is 0.136 e. The maximum atomic E-state index is 11.8. The van der Waals surface area contributed by atoms with Crippen LogP contribution in [0.4, 0.5) is 0 Å². The first-order valence-corrected chi connectivity index (χ1v) is 7.63. The SMILES string of the molecule is C[C@@H](NC[C@]1(O)CC[C@@H]2C(=O)CC[C@@H]21)c1ccccc1. The summed E-state index contributed by atoms with van der Waals surface area (Å²) in [4.78, 5) is 11.8. The molecule has 0 unspecified atom stereocenters. The molecule has 2 aliphatic carbocycles. The van der Waals surface area contributed by atoms with Gasteiger partial charge in [-0.1, -0.05) is 30.3 Å². The van der Waals surface area contributed by atoms with E-state index in [2.05, 4.69) is 24.4 Å². The van der Waals surface area contributed by atoms with Crippen LogP contribution in [-0.2, 0) is 4.79 Å². The average Bonchev–Trinajstić information content (AvgIpc) is 3.00. The summed E-state index contributed by atoms with van der Waals surface area (Å²) in [6, 6.07) is 10.5. The highest BCUT2D eigenvalue weighted by atomic mass is 16.3. The quantitative estimate of drug-likeness (QED) is 0.886. The molecule has 3 rings (SSSR count). The summed E-state index contributed by atoms with van der Waals surface area (Å²) in [6.07, 6.45) is 3.14. The molecular formula is C17H23NO2. The normalized spacial score (nSPS) is 34.2. The van der Waals surface area contributed by atoms with Crippen LogP contribution < -0.4 is 5.32 Å². The lowest BCUT2D eigenvalue weighted by molar-refractivity contribution is -0.121. The van der Waals surface area contributed by atoms with E-state index in [1.165, 1.54) is 5.56 Å². The number of carbonyl (C=O) groups is 1. The lowest BCUT2D eigenvalue weighted by Gasteiger charge is -2.31. The number of aliphatic hydroxyl groups is 1. The number of nitrogens with one attached hydrogen (secondary N) is 1. The van der Waals surface area contributed by atoms with Crippen molar-refractivity contribution in [3.8, 4) is 0 Å². The van der Waals surface area contributed by atoms with Gasteiger partial charge in [0.25, 0.3) is 0 Å². The van der Waals surface area contributed by atoms with Gasteiger partial charge >= 0.3 is 0 Å². The Hall–Kier alpha value is -1.19. The Labute approximate surface area is 120 Å². The van der Waals surface area contributed by atoms with Crippen LogP contribution >= 0.6 is 0 Å². The molecule has 2 aliphatic rings. The summed E-state index contributed by atoms with van der Waals surface area (Å²) >= 11 is 0. The molecule has 0 heterocycles. The van der Waals surface area contributed by atoms with E-state index < -0.39 is 5.60 Å². The van der Waals surface area contributed by atoms with Gasteiger partial charge in [-0.25, -0.2) is 0 Å². The van der Waals surface area contributed by atoms with Gasteiger partial charge in [0.1, 0.15) is 5.78 Å². The van der Waals surface area contributed by atoms with Gasteiger partial charge < -0.3 is 10.4 Å². The molecule has 0 aromatic heterocycles. The maximum absolute atomic E-state index is 11.8. The van der Waals surface area contributed by atoms with Crippen molar-refractivity contribution in [2.75, 3.05) is 6.54 Å². The first-order valence-electron chi connectivity index (χ1n) is 7.63. The van der Waals surface area contributed by atoms with Crippen LogP contribution in [0, 0.1) is 11.8 Å². The van der Waals surface area contributed by atoms with Gasteiger partial charge in [0.2, 0.25) is 0 Å². The minimum Gasteiger partial charge on any atom is -0.388 e. The highest BCUT2D eigenvalue weighted by Crippen LogP contribution is 2.48. The number of hydrogen-bond acceptors (Lipinski definition) is 3. The number of ketones is 1. The molecule has 20 heavy (non-hydrogen) atoms. The highest BCUT2D eigenvalue weighted by Gasteiger charge is 2.52. The Balaban J connectivity index is 1.62. The first-order chi connectivity index (χ1) is 9.60. The van der Waals surface area contributed by atoms with Crippen molar-refractivity contribution < 1.29 is 9.90 Å². The topological polar surface area (TPSA) is 49.3 Å². The molecule has 0 amide bonds. The highest BCUT2D eigenvalue weighted by molar-refractivity contribution is 5.84. The number of hydrogen-bond donors (Lipinski definition) is 2. The molecule has 2 saturated carbocycles. The molecule has 1 aromatic rings. The van der Waals surface area contributed by atoms with Gasteiger partial charge in [-0.2, -0.15) is 0 Å². The van der Waals surface area contributed by atoms with Crippen LogP contribution in [-0.4, -0.2) is 23.0 Å². The summed E-state index contributed by atoms with van der Waals surface area (Å²) < 4.78 is 0. The molecule has 0 saturated heterocycles. The number of benzene rings is 1. The summed E-state index contributed by atoms with van der Waals surface area (Å²) in [5.41, 5.74) is 0.535. The average molecular weight is 273 g/mol. The first kappa shape index (κ1) is 13.8. The molecule has 0 aliphatic heterocycles. The molecule has 0 spiro atoms. The monoisotopic (exact) mass is 273 g/mol. The fourth-order valence-electron chi connectivity index (χ4n) is 3.91. The molecule has 3 heteroatoms. The number of carbonyl (C=O) groups excluding carboxylic acids is 1. The number of rotatable bonds is 4. The number of Topliss-reactive ketones (excluding diaryl/α,β-unsaturated/α-hetero) is 1. The summed E-state index contributed by atoms with van der Waals surface area (Å²) in [5.74, 6) is 0.654. The van der Waals surface area contributed by atoms with E-state index in [9.17, 15) is 9.90 Å². The summed E-state index contributed by atoms with van der Waals surface area (Å²) in [6.45, 7) is 2.70. The fourth-order valence-corrected chi connectivity index (χ4v) is 3.91. The zero-order valence-electron chi connectivity index (χ0n) is 12.0. The predicted molar refractivity (Wildman–Crippen MR) is 78.3 cm³/mol. The summed E-state index contributed by atoms with van der Waals surface area (Å²) in [7, 11) is 0. The van der Waals surface area contributed by atoms with E-state index in [0.717, 1.165) is 19.3 Å². The second-order valence-electron chi connectivity index (χ2n) is 6.37. The van der Waals surface area contributed by atoms with Crippen molar-refractivity contribution in [1.29, 1.82) is 0 Å². The van der Waals surface area contributed by atoms with Crippen LogP contribution in [0.2, 0.25) is 0 Å². The van der Waals surface area contributed by atoms with Crippen molar-refractivity contribution in [2.45, 2.75) is 44.2 Å². The molecular weight excluding hydrogens is 250 g/mol. The van der Waals surface area contributed by atoms with Gasteiger partial charge in [0.05, 0.1) is 5.60 Å². The third-order valence-corrected chi connectivity index (χ3v) is 5.19. The standard InChI is InChI=1S/C17H23NO2/c1-12(13-5-3-2-4-6-13)18-11-17(20)10-9-14-15(17)7-8-16(14)19/h2-6,12,14-15,18,20H,7-11H2,1H3/t12-,14+,15+,17-/m1/s1. The minimum absolute atomic E-state index is 0.119. The lowest BCUT2D eigenvalue weighted by Crippen LogP contribution is -2.44. The molecule has 0 bridgehead atoms. The van der Waals surface area contributed by atoms with Gasteiger partial charge in [-0.05, 0) is 37.7 Å². The van der Waals surface area contributed by atoms with Crippen LogP contribution in [0.5, 0.6) is 0 Å². The van der Waals surface area contributed by atoms with Gasteiger partial charge in [-0.3, -0.25) is 4.79 Å². The lowest BCUT2D eigenvalue weighted by atomic mass is 9.87.